The molecule has 3 heterocycles. The summed E-state index contributed by atoms with van der Waals surface area (Å²) in [6.45, 7) is 2.57. The number of benzene rings is 1. The van der Waals surface area contributed by atoms with Gasteiger partial charge in [0.15, 0.2) is 5.54 Å². The zero-order valence-electron chi connectivity index (χ0n) is 14.4. The van der Waals surface area contributed by atoms with Gasteiger partial charge in [-0.05, 0) is 35.9 Å². The molecule has 134 valence electrons. The number of fused-ring (bicyclic) bond motifs is 1. The van der Waals surface area contributed by atoms with Crippen LogP contribution in [0.25, 0.3) is 0 Å². The number of hydrogen-bond donors (Lipinski definition) is 1. The molecule has 0 spiro atoms. The summed E-state index contributed by atoms with van der Waals surface area (Å²) in [4.78, 5) is 41.4. The molecule has 26 heavy (non-hydrogen) atoms. The van der Waals surface area contributed by atoms with Gasteiger partial charge in [0.25, 0.3) is 5.91 Å². The highest BCUT2D eigenvalue weighted by Gasteiger charge is 2.50. The standard InChI is InChI=1S/C19H19N3O3S/c1-19(15-7-4-10-26-15)17(24)22(18(25)20-19)12-16(23)21-9-8-13-5-2-3-6-14(13)11-21/h2-7,10H,8-9,11-12H2,1H3,(H,20,25). The second kappa shape index (κ2) is 6.25. The normalized spacial score (nSPS) is 22.3. The molecule has 2 aliphatic rings. The predicted molar refractivity (Wildman–Crippen MR) is 97.5 cm³/mol. The first-order chi connectivity index (χ1) is 12.5. The van der Waals surface area contributed by atoms with Crippen LogP contribution in [0, 0.1) is 0 Å². The lowest BCUT2D eigenvalue weighted by atomic mass is 9.99. The number of imide groups is 1. The topological polar surface area (TPSA) is 69.7 Å². The lowest BCUT2D eigenvalue weighted by Crippen LogP contribution is -2.45. The fraction of sp³-hybridized carbons (Fsp3) is 0.316. The van der Waals surface area contributed by atoms with E-state index in [1.165, 1.54) is 16.9 Å². The molecule has 4 rings (SSSR count). The van der Waals surface area contributed by atoms with E-state index >= 15 is 0 Å². The van der Waals surface area contributed by atoms with Gasteiger partial charge in [-0.2, -0.15) is 0 Å². The molecule has 0 aliphatic carbocycles. The lowest BCUT2D eigenvalue weighted by molar-refractivity contribution is -0.139. The smallest absolute Gasteiger partial charge is 0.325 e. The molecular formula is C19H19N3O3S. The van der Waals surface area contributed by atoms with Gasteiger partial charge in [-0.15, -0.1) is 11.3 Å². The zero-order chi connectivity index (χ0) is 18.3. The van der Waals surface area contributed by atoms with E-state index in [1.54, 1.807) is 11.8 Å². The number of carbonyl (C=O) groups excluding carboxylic acids is 3. The molecule has 1 aromatic heterocycles. The van der Waals surface area contributed by atoms with Gasteiger partial charge in [0, 0.05) is 18.0 Å². The van der Waals surface area contributed by atoms with Crippen molar-refractivity contribution in [2.45, 2.75) is 25.4 Å². The van der Waals surface area contributed by atoms with Gasteiger partial charge in [0.1, 0.15) is 6.54 Å². The summed E-state index contributed by atoms with van der Waals surface area (Å²) in [5, 5.41) is 4.59. The van der Waals surface area contributed by atoms with Crippen LogP contribution in [-0.2, 0) is 28.1 Å². The van der Waals surface area contributed by atoms with Gasteiger partial charge in [0.05, 0.1) is 0 Å². The van der Waals surface area contributed by atoms with E-state index in [0.29, 0.717) is 13.1 Å². The van der Waals surface area contributed by atoms with E-state index < -0.39 is 11.6 Å². The number of nitrogens with one attached hydrogen (secondary N) is 1. The first-order valence-corrected chi connectivity index (χ1v) is 9.39. The minimum absolute atomic E-state index is 0.210. The summed E-state index contributed by atoms with van der Waals surface area (Å²) in [5.74, 6) is -0.589. The highest BCUT2D eigenvalue weighted by Crippen LogP contribution is 2.32. The molecule has 1 atom stereocenters. The van der Waals surface area contributed by atoms with Crippen LogP contribution in [0.2, 0.25) is 0 Å². The minimum Gasteiger partial charge on any atom is -0.336 e. The molecule has 4 amide bonds. The summed E-state index contributed by atoms with van der Waals surface area (Å²) in [7, 11) is 0. The van der Waals surface area contributed by atoms with E-state index in [9.17, 15) is 14.4 Å². The van der Waals surface area contributed by atoms with Crippen LogP contribution in [0.4, 0.5) is 4.79 Å². The second-order valence-corrected chi connectivity index (χ2v) is 7.71. The number of amides is 4. The summed E-state index contributed by atoms with van der Waals surface area (Å²) in [6, 6.07) is 11.2. The first-order valence-electron chi connectivity index (χ1n) is 8.52. The Hall–Kier alpha value is -2.67. The molecule has 1 aromatic carbocycles. The monoisotopic (exact) mass is 369 g/mol. The summed E-state index contributed by atoms with van der Waals surface area (Å²) >= 11 is 1.41. The molecule has 0 radical (unpaired) electrons. The van der Waals surface area contributed by atoms with Gasteiger partial charge in [0.2, 0.25) is 5.91 Å². The van der Waals surface area contributed by atoms with Crippen LogP contribution in [0.15, 0.2) is 41.8 Å². The average Bonchev–Trinajstić information content (AvgIpc) is 3.26. The molecule has 2 aromatic rings. The van der Waals surface area contributed by atoms with Crippen molar-refractivity contribution in [3.8, 4) is 0 Å². The Morgan fingerprint density at radius 3 is 2.69 bits per heavy atom. The van der Waals surface area contributed by atoms with E-state index in [0.717, 1.165) is 21.8 Å². The second-order valence-electron chi connectivity index (χ2n) is 6.76. The molecule has 6 nitrogen and oxygen atoms in total. The predicted octanol–water partition coefficient (Wildman–Crippen LogP) is 2.10. The van der Waals surface area contributed by atoms with Crippen molar-refractivity contribution in [3.63, 3.8) is 0 Å². The van der Waals surface area contributed by atoms with Crippen LogP contribution >= 0.6 is 11.3 Å². The lowest BCUT2D eigenvalue weighted by Gasteiger charge is -2.30. The maximum Gasteiger partial charge on any atom is 0.325 e. The van der Waals surface area contributed by atoms with Crippen LogP contribution in [0.3, 0.4) is 0 Å². The maximum atomic E-state index is 12.8. The third-order valence-electron chi connectivity index (χ3n) is 5.07. The van der Waals surface area contributed by atoms with Crippen molar-refractivity contribution in [1.82, 2.24) is 15.1 Å². The van der Waals surface area contributed by atoms with Gasteiger partial charge < -0.3 is 10.2 Å². The first kappa shape index (κ1) is 16.8. The number of thiophene rings is 1. The average molecular weight is 369 g/mol. The fourth-order valence-corrected chi connectivity index (χ4v) is 4.35. The van der Waals surface area contributed by atoms with Crippen molar-refractivity contribution in [1.29, 1.82) is 0 Å². The third kappa shape index (κ3) is 2.68. The van der Waals surface area contributed by atoms with E-state index in [2.05, 4.69) is 11.4 Å². The quantitative estimate of drug-likeness (QED) is 0.843. The molecular weight excluding hydrogens is 350 g/mol. The number of nitrogens with zero attached hydrogens (tertiary/aromatic N) is 2. The minimum atomic E-state index is -1.10. The Bertz CT molecular complexity index is 880. The molecule has 1 saturated heterocycles. The van der Waals surface area contributed by atoms with Crippen LogP contribution in [0.1, 0.15) is 22.9 Å². The highest BCUT2D eigenvalue weighted by atomic mass is 32.1. The van der Waals surface area contributed by atoms with Crippen LogP contribution in [0.5, 0.6) is 0 Å². The Kier molecular flexibility index (Phi) is 4.03. The Morgan fingerprint density at radius 1 is 1.19 bits per heavy atom. The molecule has 0 saturated carbocycles. The van der Waals surface area contributed by atoms with E-state index in [-0.39, 0.29) is 18.4 Å². The number of rotatable bonds is 3. The van der Waals surface area contributed by atoms with Crippen molar-refractivity contribution in [3.05, 3.63) is 57.8 Å². The number of carbonyl (C=O) groups is 3. The van der Waals surface area contributed by atoms with Gasteiger partial charge in [-0.1, -0.05) is 30.3 Å². The molecule has 0 bridgehead atoms. The number of hydrogen-bond acceptors (Lipinski definition) is 4. The molecule has 7 heteroatoms. The maximum absolute atomic E-state index is 12.8. The summed E-state index contributed by atoms with van der Waals surface area (Å²) in [5.41, 5.74) is 1.27. The fourth-order valence-electron chi connectivity index (χ4n) is 3.51. The van der Waals surface area contributed by atoms with Crippen molar-refractivity contribution < 1.29 is 14.4 Å². The van der Waals surface area contributed by atoms with Crippen molar-refractivity contribution in [2.24, 2.45) is 0 Å². The highest BCUT2D eigenvalue weighted by molar-refractivity contribution is 7.10. The molecule has 1 N–H and O–H groups in total. The van der Waals surface area contributed by atoms with Crippen molar-refractivity contribution >= 4 is 29.2 Å². The molecule has 1 fully saturated rings. The van der Waals surface area contributed by atoms with Crippen LogP contribution < -0.4 is 5.32 Å². The largest absolute Gasteiger partial charge is 0.336 e. The van der Waals surface area contributed by atoms with E-state index in [1.807, 2.05) is 35.7 Å². The zero-order valence-corrected chi connectivity index (χ0v) is 15.2. The summed E-state index contributed by atoms with van der Waals surface area (Å²) in [6.07, 6.45) is 0.787. The van der Waals surface area contributed by atoms with E-state index in [4.69, 9.17) is 0 Å². The Labute approximate surface area is 155 Å². The molecule has 1 unspecified atom stereocenters. The molecule has 2 aliphatic heterocycles. The van der Waals surface area contributed by atoms with Gasteiger partial charge in [-0.25, -0.2) is 4.79 Å². The van der Waals surface area contributed by atoms with Gasteiger partial charge >= 0.3 is 6.03 Å². The van der Waals surface area contributed by atoms with Crippen molar-refractivity contribution in [2.75, 3.05) is 13.1 Å². The summed E-state index contributed by atoms with van der Waals surface area (Å²) < 4.78 is 0. The van der Waals surface area contributed by atoms with Gasteiger partial charge in [-0.3, -0.25) is 14.5 Å². The Morgan fingerprint density at radius 2 is 1.96 bits per heavy atom. The number of urea groups is 1. The third-order valence-corrected chi connectivity index (χ3v) is 6.16. The Balaban J connectivity index is 1.48. The van der Waals surface area contributed by atoms with Crippen LogP contribution in [-0.4, -0.2) is 40.7 Å². The SMILES string of the molecule is CC1(c2cccs2)NC(=O)N(CC(=O)N2CCc3ccccc3C2)C1=O.